The first-order valence-corrected chi connectivity index (χ1v) is 6.92. The van der Waals surface area contributed by atoms with Crippen molar-refractivity contribution in [2.24, 2.45) is 5.73 Å². The van der Waals surface area contributed by atoms with Crippen molar-refractivity contribution in [1.29, 1.82) is 0 Å². The van der Waals surface area contributed by atoms with Crippen LogP contribution in [-0.4, -0.2) is 45.3 Å². The summed E-state index contributed by atoms with van der Waals surface area (Å²) in [6, 6.07) is 7.73. The van der Waals surface area contributed by atoms with Crippen LogP contribution in [0.2, 0.25) is 0 Å². The van der Waals surface area contributed by atoms with E-state index in [1.165, 1.54) is 12.8 Å². The van der Waals surface area contributed by atoms with Crippen LogP contribution >= 0.6 is 0 Å². The molecule has 0 fully saturated rings. The van der Waals surface area contributed by atoms with Gasteiger partial charge in [-0.1, -0.05) is 18.6 Å². The number of hydrogen-bond acceptors (Lipinski definition) is 4. The van der Waals surface area contributed by atoms with Crippen LogP contribution in [0.3, 0.4) is 0 Å². The Bertz CT molecular complexity index is 345. The predicted molar refractivity (Wildman–Crippen MR) is 78.9 cm³/mol. The first-order valence-electron chi connectivity index (χ1n) is 6.92. The minimum Gasteiger partial charge on any atom is -0.493 e. The molecule has 0 heterocycles. The average molecular weight is 266 g/mol. The molecule has 1 aromatic carbocycles. The molecule has 0 aliphatic carbocycles. The summed E-state index contributed by atoms with van der Waals surface area (Å²) in [4.78, 5) is 2.28. The molecule has 4 nitrogen and oxygen atoms in total. The van der Waals surface area contributed by atoms with Gasteiger partial charge in [-0.3, -0.25) is 0 Å². The molecule has 0 radical (unpaired) electrons. The molecule has 1 aromatic rings. The van der Waals surface area contributed by atoms with E-state index < -0.39 is 0 Å². The molecule has 4 heteroatoms. The lowest BCUT2D eigenvalue weighted by Crippen LogP contribution is -2.25. The molecule has 0 unspecified atom stereocenters. The normalized spacial score (nSPS) is 10.7. The van der Waals surface area contributed by atoms with Gasteiger partial charge >= 0.3 is 0 Å². The van der Waals surface area contributed by atoms with Crippen molar-refractivity contribution < 1.29 is 9.47 Å². The summed E-state index contributed by atoms with van der Waals surface area (Å²) in [5, 5.41) is 0. The Morgan fingerprint density at radius 3 is 2.47 bits per heavy atom. The molecule has 0 spiro atoms. The van der Waals surface area contributed by atoms with Crippen LogP contribution in [0.5, 0.6) is 11.5 Å². The second kappa shape index (κ2) is 9.64. The van der Waals surface area contributed by atoms with Crippen molar-refractivity contribution in [2.45, 2.75) is 19.3 Å². The minimum atomic E-state index is 0.674. The molecule has 0 atom stereocenters. The molecule has 0 bridgehead atoms. The summed E-state index contributed by atoms with van der Waals surface area (Å²) in [5.74, 6) is 1.59. The summed E-state index contributed by atoms with van der Waals surface area (Å²) in [7, 11) is 3.78. The molecule has 19 heavy (non-hydrogen) atoms. The maximum absolute atomic E-state index is 5.74. The molecule has 0 aliphatic heterocycles. The van der Waals surface area contributed by atoms with Crippen LogP contribution in [0, 0.1) is 0 Å². The van der Waals surface area contributed by atoms with E-state index in [9.17, 15) is 0 Å². The number of methoxy groups -OCH3 is 1. The summed E-state index contributed by atoms with van der Waals surface area (Å²) in [6.45, 7) is 3.48. The fourth-order valence-corrected chi connectivity index (χ4v) is 1.86. The second-order valence-corrected chi connectivity index (χ2v) is 4.65. The van der Waals surface area contributed by atoms with E-state index in [0.29, 0.717) is 6.61 Å². The molecule has 0 aromatic heterocycles. The zero-order chi connectivity index (χ0) is 13.9. The molecule has 2 N–H and O–H groups in total. The molecular weight excluding hydrogens is 240 g/mol. The molecule has 0 saturated heterocycles. The Balaban J connectivity index is 2.18. The van der Waals surface area contributed by atoms with Gasteiger partial charge in [-0.2, -0.15) is 0 Å². The van der Waals surface area contributed by atoms with Crippen LogP contribution in [0.4, 0.5) is 0 Å². The van der Waals surface area contributed by atoms with Gasteiger partial charge in [-0.25, -0.2) is 0 Å². The van der Waals surface area contributed by atoms with Crippen molar-refractivity contribution in [3.05, 3.63) is 24.3 Å². The zero-order valence-corrected chi connectivity index (χ0v) is 12.1. The summed E-state index contributed by atoms with van der Waals surface area (Å²) >= 11 is 0. The third kappa shape index (κ3) is 6.45. The second-order valence-electron chi connectivity index (χ2n) is 4.65. The molecular formula is C15H26N2O2. The highest BCUT2D eigenvalue weighted by atomic mass is 16.5. The van der Waals surface area contributed by atoms with E-state index >= 15 is 0 Å². The number of ether oxygens (including phenoxy) is 2. The Kier molecular flexibility index (Phi) is 8.02. The summed E-state index contributed by atoms with van der Waals surface area (Å²) in [6.07, 6.45) is 3.52. The van der Waals surface area contributed by atoms with Gasteiger partial charge in [0.1, 0.15) is 6.61 Å². The fourth-order valence-electron chi connectivity index (χ4n) is 1.86. The van der Waals surface area contributed by atoms with Crippen molar-refractivity contribution in [2.75, 3.05) is 40.4 Å². The number of rotatable bonds is 10. The number of unbranched alkanes of at least 4 members (excludes halogenated alkanes) is 2. The molecule has 0 aliphatic rings. The highest BCUT2D eigenvalue weighted by Gasteiger charge is 2.03. The van der Waals surface area contributed by atoms with Gasteiger partial charge in [0.25, 0.3) is 0 Å². The number of nitrogens with two attached hydrogens (primary N) is 1. The monoisotopic (exact) mass is 266 g/mol. The van der Waals surface area contributed by atoms with E-state index in [4.69, 9.17) is 15.2 Å². The average Bonchev–Trinajstić information content (AvgIpc) is 2.44. The number of nitrogens with zero attached hydrogens (tertiary/aromatic N) is 1. The zero-order valence-electron chi connectivity index (χ0n) is 12.1. The van der Waals surface area contributed by atoms with Gasteiger partial charge in [0.05, 0.1) is 7.11 Å². The van der Waals surface area contributed by atoms with Crippen molar-refractivity contribution in [3.63, 3.8) is 0 Å². The summed E-state index contributed by atoms with van der Waals surface area (Å²) < 4.78 is 11.0. The van der Waals surface area contributed by atoms with Crippen molar-refractivity contribution >= 4 is 0 Å². The first-order chi connectivity index (χ1) is 9.27. The Labute approximate surface area is 116 Å². The minimum absolute atomic E-state index is 0.674. The molecule has 108 valence electrons. The molecule has 0 amide bonds. The van der Waals surface area contributed by atoms with Crippen LogP contribution in [-0.2, 0) is 0 Å². The van der Waals surface area contributed by atoms with Gasteiger partial charge in [0, 0.05) is 6.54 Å². The van der Waals surface area contributed by atoms with E-state index in [1.54, 1.807) is 7.11 Å². The smallest absolute Gasteiger partial charge is 0.161 e. The van der Waals surface area contributed by atoms with Crippen LogP contribution in [0.25, 0.3) is 0 Å². The van der Waals surface area contributed by atoms with Gasteiger partial charge < -0.3 is 20.1 Å². The van der Waals surface area contributed by atoms with Crippen LogP contribution in [0.1, 0.15) is 19.3 Å². The van der Waals surface area contributed by atoms with Crippen molar-refractivity contribution in [3.8, 4) is 11.5 Å². The third-order valence-corrected chi connectivity index (χ3v) is 3.04. The quantitative estimate of drug-likeness (QED) is 0.659. The Morgan fingerprint density at radius 2 is 1.79 bits per heavy atom. The fraction of sp³-hybridized carbons (Fsp3) is 0.600. The Morgan fingerprint density at radius 1 is 1.05 bits per heavy atom. The number of likely N-dealkylation sites (N-methyl/N-ethyl adjacent to an activating group) is 1. The van der Waals surface area contributed by atoms with Gasteiger partial charge in [-0.15, -0.1) is 0 Å². The van der Waals surface area contributed by atoms with Gasteiger partial charge in [-0.05, 0) is 45.1 Å². The topological polar surface area (TPSA) is 47.7 Å². The SMILES string of the molecule is COc1ccccc1OCCN(C)CCCCCN. The first kappa shape index (κ1) is 15.8. The van der Waals surface area contributed by atoms with Gasteiger partial charge in [0.15, 0.2) is 11.5 Å². The summed E-state index contributed by atoms with van der Waals surface area (Å²) in [5.41, 5.74) is 5.47. The lowest BCUT2D eigenvalue weighted by Gasteiger charge is -2.17. The van der Waals surface area contributed by atoms with Gasteiger partial charge in [0.2, 0.25) is 0 Å². The highest BCUT2D eigenvalue weighted by Crippen LogP contribution is 2.25. The van der Waals surface area contributed by atoms with Crippen LogP contribution in [0.15, 0.2) is 24.3 Å². The number of benzene rings is 1. The lowest BCUT2D eigenvalue weighted by atomic mass is 10.2. The van der Waals surface area contributed by atoms with E-state index in [0.717, 1.165) is 37.6 Å². The predicted octanol–water partition coefficient (Wildman–Crippen LogP) is 2.13. The van der Waals surface area contributed by atoms with Crippen molar-refractivity contribution in [1.82, 2.24) is 4.90 Å². The van der Waals surface area contributed by atoms with E-state index in [-0.39, 0.29) is 0 Å². The van der Waals surface area contributed by atoms with E-state index in [1.807, 2.05) is 24.3 Å². The Hall–Kier alpha value is -1.26. The lowest BCUT2D eigenvalue weighted by molar-refractivity contribution is 0.228. The number of para-hydroxylation sites is 2. The van der Waals surface area contributed by atoms with E-state index in [2.05, 4.69) is 11.9 Å². The maximum atomic E-state index is 5.74. The molecule has 1 rings (SSSR count). The number of hydrogen-bond donors (Lipinski definition) is 1. The highest BCUT2D eigenvalue weighted by molar-refractivity contribution is 5.39. The molecule has 0 saturated carbocycles. The third-order valence-electron chi connectivity index (χ3n) is 3.04. The maximum Gasteiger partial charge on any atom is 0.161 e. The largest absolute Gasteiger partial charge is 0.493 e. The van der Waals surface area contributed by atoms with Crippen LogP contribution < -0.4 is 15.2 Å². The standard InChI is InChI=1S/C15H26N2O2/c1-17(11-7-3-6-10-16)12-13-19-15-9-5-4-8-14(15)18-2/h4-5,8-9H,3,6-7,10-13,16H2,1-2H3.